The fourth-order valence-electron chi connectivity index (χ4n) is 4.29. The second-order valence-corrected chi connectivity index (χ2v) is 7.41. The predicted octanol–water partition coefficient (Wildman–Crippen LogP) is 4.93. The molecule has 0 bridgehead atoms. The highest BCUT2D eigenvalue weighted by Gasteiger charge is 2.41. The lowest BCUT2D eigenvalue weighted by Gasteiger charge is -2.23. The number of benzene rings is 1. The number of nitrogens with one attached hydrogen (secondary N) is 2. The van der Waals surface area contributed by atoms with Crippen LogP contribution < -0.4 is 9.80 Å². The molecule has 4 aromatic rings. The van der Waals surface area contributed by atoms with E-state index in [0.717, 1.165) is 22.7 Å². The van der Waals surface area contributed by atoms with E-state index in [9.17, 15) is 0 Å². The Labute approximate surface area is 184 Å². The number of hydrogen-bond acceptors (Lipinski definition) is 6. The summed E-state index contributed by atoms with van der Waals surface area (Å²) in [6, 6.07) is 21.2. The van der Waals surface area contributed by atoms with Gasteiger partial charge in [0.05, 0.1) is 34.5 Å². The van der Waals surface area contributed by atoms with Crippen molar-refractivity contribution < 1.29 is 0 Å². The van der Waals surface area contributed by atoms with Gasteiger partial charge in [-0.3, -0.25) is 30.7 Å². The van der Waals surface area contributed by atoms with Crippen molar-refractivity contribution in [1.82, 2.24) is 15.0 Å². The lowest BCUT2D eigenvalue weighted by atomic mass is 10.1. The molecule has 2 aliphatic rings. The van der Waals surface area contributed by atoms with Crippen molar-refractivity contribution in [2.75, 3.05) is 9.80 Å². The second-order valence-electron chi connectivity index (χ2n) is 7.41. The van der Waals surface area contributed by atoms with Crippen molar-refractivity contribution in [2.45, 2.75) is 0 Å². The first kappa shape index (κ1) is 18.1. The molecule has 0 aliphatic carbocycles. The summed E-state index contributed by atoms with van der Waals surface area (Å²) in [5, 5.41) is 18.2. The monoisotopic (exact) mass is 415 g/mol. The first-order valence-electron chi connectivity index (χ1n) is 10.1. The summed E-state index contributed by atoms with van der Waals surface area (Å²) in [5.41, 5.74) is 5.95. The number of para-hydroxylation sites is 1. The van der Waals surface area contributed by atoms with Crippen LogP contribution in [0.2, 0.25) is 0 Å². The van der Waals surface area contributed by atoms with Gasteiger partial charge in [0.25, 0.3) is 0 Å². The molecule has 2 N–H and O–H groups in total. The molecule has 0 saturated carbocycles. The maximum Gasteiger partial charge on any atom is 0.141 e. The minimum atomic E-state index is 0.260. The van der Waals surface area contributed by atoms with Gasteiger partial charge in [0.2, 0.25) is 0 Å². The van der Waals surface area contributed by atoms with E-state index in [0.29, 0.717) is 22.7 Å². The van der Waals surface area contributed by atoms with Gasteiger partial charge >= 0.3 is 0 Å². The van der Waals surface area contributed by atoms with E-state index in [1.165, 1.54) is 0 Å². The third kappa shape index (κ3) is 2.51. The Kier molecular flexibility index (Phi) is 3.94. The van der Waals surface area contributed by atoms with Crippen molar-refractivity contribution in [3.05, 3.63) is 109 Å². The number of amidine groups is 1. The Morgan fingerprint density at radius 3 is 2.00 bits per heavy atom. The maximum absolute atomic E-state index is 9.17. The average Bonchev–Trinajstić information content (AvgIpc) is 3.30. The van der Waals surface area contributed by atoms with Gasteiger partial charge in [-0.25, -0.2) is 0 Å². The van der Waals surface area contributed by atoms with E-state index >= 15 is 0 Å². The van der Waals surface area contributed by atoms with E-state index in [1.54, 1.807) is 24.8 Å². The van der Waals surface area contributed by atoms with Crippen LogP contribution in [0.25, 0.3) is 5.57 Å². The number of rotatable bonds is 2. The van der Waals surface area contributed by atoms with Gasteiger partial charge < -0.3 is 4.90 Å². The third-order valence-corrected chi connectivity index (χ3v) is 5.60. The van der Waals surface area contributed by atoms with Crippen LogP contribution in [0.15, 0.2) is 97.2 Å². The lowest BCUT2D eigenvalue weighted by molar-refractivity contribution is 1.20. The van der Waals surface area contributed by atoms with E-state index in [2.05, 4.69) is 15.0 Å². The number of aromatic nitrogens is 3. The quantitative estimate of drug-likeness (QED) is 0.484. The first-order valence-corrected chi connectivity index (χ1v) is 10.1. The van der Waals surface area contributed by atoms with Gasteiger partial charge in [-0.15, -0.1) is 0 Å². The van der Waals surface area contributed by atoms with Gasteiger partial charge in [0.15, 0.2) is 0 Å². The Balaban J connectivity index is 1.65. The summed E-state index contributed by atoms with van der Waals surface area (Å²) in [6.45, 7) is 0. The molecule has 0 saturated heterocycles. The third-order valence-electron chi connectivity index (χ3n) is 5.60. The predicted molar refractivity (Wildman–Crippen MR) is 125 cm³/mol. The summed E-state index contributed by atoms with van der Waals surface area (Å²) in [6.07, 6.45) is 6.88. The molecule has 0 amide bonds. The Bertz CT molecular complexity index is 1410. The van der Waals surface area contributed by atoms with Gasteiger partial charge in [0.1, 0.15) is 22.9 Å². The second kappa shape index (κ2) is 6.95. The molecule has 1 aromatic carbocycles. The van der Waals surface area contributed by atoms with Crippen LogP contribution >= 0.6 is 0 Å². The Morgan fingerprint density at radius 1 is 0.625 bits per heavy atom. The standard InChI is InChI=1S/C25H17N7/c26-21-23-19(11-6-14-30-23)31(17-9-4-12-28-15-17)24(21)20-22-18(10-5-13-29-22)32(25(20)27)16-7-2-1-3-8-16/h1-15,26-27H/b24-20+,26-21?,27-25?. The topological polar surface area (TPSA) is 92.9 Å². The van der Waals surface area contributed by atoms with Crippen LogP contribution in [-0.4, -0.2) is 26.5 Å². The van der Waals surface area contributed by atoms with Gasteiger partial charge in [0, 0.05) is 24.3 Å². The van der Waals surface area contributed by atoms with Crippen molar-refractivity contribution in [3.63, 3.8) is 0 Å². The zero-order valence-electron chi connectivity index (χ0n) is 16.9. The molecule has 3 aromatic heterocycles. The van der Waals surface area contributed by atoms with Crippen LogP contribution in [0.3, 0.4) is 0 Å². The van der Waals surface area contributed by atoms with Crippen LogP contribution in [0.1, 0.15) is 11.4 Å². The van der Waals surface area contributed by atoms with Crippen molar-refractivity contribution in [2.24, 2.45) is 0 Å². The largest absolute Gasteiger partial charge is 0.304 e. The average molecular weight is 415 g/mol. The van der Waals surface area contributed by atoms with Crippen LogP contribution in [0, 0.1) is 10.8 Å². The van der Waals surface area contributed by atoms with E-state index < -0.39 is 0 Å². The minimum Gasteiger partial charge on any atom is -0.304 e. The van der Waals surface area contributed by atoms with Crippen molar-refractivity contribution >= 4 is 39.9 Å². The lowest BCUT2D eigenvalue weighted by Crippen LogP contribution is -2.24. The smallest absolute Gasteiger partial charge is 0.141 e. The van der Waals surface area contributed by atoms with Gasteiger partial charge in [-0.05, 0) is 48.5 Å². The summed E-state index contributed by atoms with van der Waals surface area (Å²) >= 11 is 0. The first-order chi connectivity index (χ1) is 15.8. The molecule has 7 nitrogen and oxygen atoms in total. The zero-order valence-corrected chi connectivity index (χ0v) is 16.9. The van der Waals surface area contributed by atoms with Gasteiger partial charge in [-0.2, -0.15) is 0 Å². The highest BCUT2D eigenvalue weighted by atomic mass is 15.2. The number of pyridine rings is 3. The normalized spacial score (nSPS) is 17.0. The molecule has 7 heteroatoms. The van der Waals surface area contributed by atoms with Crippen LogP contribution in [-0.2, 0) is 0 Å². The molecule has 0 unspecified atom stereocenters. The zero-order chi connectivity index (χ0) is 21.7. The molecule has 2 aliphatic heterocycles. The number of anilines is 4. The van der Waals surface area contributed by atoms with E-state index in [1.807, 2.05) is 76.5 Å². The van der Waals surface area contributed by atoms with Gasteiger partial charge in [-0.1, -0.05) is 18.2 Å². The number of fused-ring (bicyclic) bond motifs is 2. The van der Waals surface area contributed by atoms with Crippen LogP contribution in [0.5, 0.6) is 0 Å². The molecule has 152 valence electrons. The number of hydrogen-bond donors (Lipinski definition) is 2. The highest BCUT2D eigenvalue weighted by molar-refractivity contribution is 6.42. The molecular weight excluding hydrogens is 398 g/mol. The summed E-state index contributed by atoms with van der Waals surface area (Å²) < 4.78 is 0. The van der Waals surface area contributed by atoms with Crippen LogP contribution in [0.4, 0.5) is 22.7 Å². The fraction of sp³-hybridized carbons (Fsp3) is 0. The molecule has 6 rings (SSSR count). The van der Waals surface area contributed by atoms with Crippen molar-refractivity contribution in [3.8, 4) is 0 Å². The molecule has 5 heterocycles. The molecule has 32 heavy (non-hydrogen) atoms. The van der Waals surface area contributed by atoms with Crippen molar-refractivity contribution in [1.29, 1.82) is 10.8 Å². The highest BCUT2D eigenvalue weighted by Crippen LogP contribution is 2.47. The molecule has 0 spiro atoms. The molecule has 0 atom stereocenters. The Hall–Kier alpha value is -4.65. The summed E-state index contributed by atoms with van der Waals surface area (Å²) in [4.78, 5) is 17.2. The molecule has 0 radical (unpaired) electrons. The molecular formula is C25H17N7. The van der Waals surface area contributed by atoms with E-state index in [-0.39, 0.29) is 11.5 Å². The molecule has 0 fully saturated rings. The maximum atomic E-state index is 9.17. The van der Waals surface area contributed by atoms with E-state index in [4.69, 9.17) is 10.8 Å². The minimum absolute atomic E-state index is 0.260. The number of allylic oxidation sites excluding steroid dienone is 1. The number of nitrogens with zero attached hydrogens (tertiary/aromatic N) is 5. The SMILES string of the molecule is N=C1/C(=C2\C(=N)N(c3ccccc3)c3cccnc32)N(c2cccnc2)c2cccnc21. The summed E-state index contributed by atoms with van der Waals surface area (Å²) in [5.74, 6) is 0.270. The Morgan fingerprint density at radius 2 is 1.28 bits per heavy atom. The summed E-state index contributed by atoms with van der Waals surface area (Å²) in [7, 11) is 0. The fourth-order valence-corrected chi connectivity index (χ4v) is 4.29.